The maximum Gasteiger partial charge on any atom is 0.306 e. The third-order valence-corrected chi connectivity index (χ3v) is 2.41. The van der Waals surface area contributed by atoms with Gasteiger partial charge in [0.1, 0.15) is 0 Å². The summed E-state index contributed by atoms with van der Waals surface area (Å²) in [5.74, 6) is 0.721. The van der Waals surface area contributed by atoms with Gasteiger partial charge in [-0.05, 0) is 12.3 Å². The molecule has 3 nitrogen and oxygen atoms in total. The Labute approximate surface area is 73.5 Å². The van der Waals surface area contributed by atoms with Crippen molar-refractivity contribution in [3.8, 4) is 0 Å². The van der Waals surface area contributed by atoms with Crippen molar-refractivity contribution in [2.45, 2.75) is 32.2 Å². The lowest BCUT2D eigenvalue weighted by molar-refractivity contribution is -0.140. The normalized spacial score (nSPS) is 26.8. The fourth-order valence-corrected chi connectivity index (χ4v) is 1.41. The van der Waals surface area contributed by atoms with E-state index in [1.807, 2.05) is 0 Å². The Kier molecular flexibility index (Phi) is 3.53. The van der Waals surface area contributed by atoms with Crippen molar-refractivity contribution < 1.29 is 9.53 Å². The molecule has 1 aliphatic rings. The van der Waals surface area contributed by atoms with Crippen LogP contribution < -0.4 is 5.32 Å². The minimum absolute atomic E-state index is 0.129. The summed E-state index contributed by atoms with van der Waals surface area (Å²) in [7, 11) is 1.42. The highest BCUT2D eigenvalue weighted by atomic mass is 16.5. The van der Waals surface area contributed by atoms with E-state index in [1.165, 1.54) is 20.0 Å². The molecule has 12 heavy (non-hydrogen) atoms. The van der Waals surface area contributed by atoms with Gasteiger partial charge in [0.05, 0.1) is 13.5 Å². The van der Waals surface area contributed by atoms with Crippen molar-refractivity contribution in [3.05, 3.63) is 0 Å². The van der Waals surface area contributed by atoms with Crippen LogP contribution >= 0.6 is 0 Å². The van der Waals surface area contributed by atoms with Gasteiger partial charge in [0.2, 0.25) is 0 Å². The van der Waals surface area contributed by atoms with Crippen LogP contribution in [0, 0.1) is 5.92 Å². The number of ether oxygens (including phenoxy) is 1. The number of esters is 1. The first-order valence-corrected chi connectivity index (χ1v) is 4.58. The van der Waals surface area contributed by atoms with Crippen LogP contribution in [0.25, 0.3) is 0 Å². The summed E-state index contributed by atoms with van der Waals surface area (Å²) in [4.78, 5) is 10.7. The highest BCUT2D eigenvalue weighted by molar-refractivity contribution is 5.69. The van der Waals surface area contributed by atoms with Gasteiger partial charge < -0.3 is 10.1 Å². The van der Waals surface area contributed by atoms with Gasteiger partial charge in [-0.25, -0.2) is 0 Å². The largest absolute Gasteiger partial charge is 0.469 e. The molecule has 1 N–H and O–H groups in total. The van der Waals surface area contributed by atoms with Crippen molar-refractivity contribution >= 4 is 5.97 Å². The first kappa shape index (κ1) is 9.52. The van der Waals surface area contributed by atoms with Crippen LogP contribution in [0.5, 0.6) is 0 Å². The molecular weight excluding hydrogens is 154 g/mol. The van der Waals surface area contributed by atoms with E-state index in [1.54, 1.807) is 0 Å². The second-order valence-electron chi connectivity index (χ2n) is 3.29. The smallest absolute Gasteiger partial charge is 0.306 e. The van der Waals surface area contributed by atoms with Crippen LogP contribution in [-0.4, -0.2) is 25.7 Å². The Bertz CT molecular complexity index is 159. The van der Waals surface area contributed by atoms with Gasteiger partial charge in [0.15, 0.2) is 0 Å². The van der Waals surface area contributed by atoms with E-state index in [9.17, 15) is 4.79 Å². The van der Waals surface area contributed by atoms with Gasteiger partial charge in [-0.3, -0.25) is 4.79 Å². The quantitative estimate of drug-likeness (QED) is 0.625. The van der Waals surface area contributed by atoms with Crippen LogP contribution in [0.2, 0.25) is 0 Å². The standard InChI is InChI=1S/C9H17NO2/c1-3-7-6-8(7)10-5-4-9(11)12-2/h7-8,10H,3-6H2,1-2H3. The highest BCUT2D eigenvalue weighted by Gasteiger charge is 2.34. The van der Waals surface area contributed by atoms with Gasteiger partial charge >= 0.3 is 5.97 Å². The monoisotopic (exact) mass is 171 g/mol. The van der Waals surface area contributed by atoms with Gasteiger partial charge in [-0.1, -0.05) is 13.3 Å². The van der Waals surface area contributed by atoms with E-state index in [4.69, 9.17) is 0 Å². The molecule has 70 valence electrons. The summed E-state index contributed by atoms with van der Waals surface area (Å²) in [5.41, 5.74) is 0. The third-order valence-electron chi connectivity index (χ3n) is 2.41. The molecule has 3 heteroatoms. The van der Waals surface area contributed by atoms with Crippen molar-refractivity contribution in [1.29, 1.82) is 0 Å². The molecule has 0 aromatic heterocycles. The minimum atomic E-state index is -0.129. The molecule has 0 spiro atoms. The van der Waals surface area contributed by atoms with E-state index >= 15 is 0 Å². The van der Waals surface area contributed by atoms with E-state index in [0.717, 1.165) is 12.5 Å². The third kappa shape index (κ3) is 2.81. The van der Waals surface area contributed by atoms with Crippen molar-refractivity contribution in [2.24, 2.45) is 5.92 Å². The van der Waals surface area contributed by atoms with Crippen LogP contribution in [0.15, 0.2) is 0 Å². The van der Waals surface area contributed by atoms with E-state index < -0.39 is 0 Å². The predicted octanol–water partition coefficient (Wildman–Crippen LogP) is 0.938. The Hall–Kier alpha value is -0.570. The Morgan fingerprint density at radius 2 is 2.42 bits per heavy atom. The number of methoxy groups -OCH3 is 1. The maximum atomic E-state index is 10.7. The molecule has 1 rings (SSSR count). The molecule has 0 aromatic carbocycles. The first-order chi connectivity index (χ1) is 5.77. The second kappa shape index (κ2) is 4.45. The highest BCUT2D eigenvalue weighted by Crippen LogP contribution is 2.32. The first-order valence-electron chi connectivity index (χ1n) is 4.58. The average molecular weight is 171 g/mol. The van der Waals surface area contributed by atoms with Crippen molar-refractivity contribution in [2.75, 3.05) is 13.7 Å². The zero-order chi connectivity index (χ0) is 8.97. The fourth-order valence-electron chi connectivity index (χ4n) is 1.41. The molecule has 0 heterocycles. The fraction of sp³-hybridized carbons (Fsp3) is 0.889. The molecule has 0 aromatic rings. The SMILES string of the molecule is CCC1CC1NCCC(=O)OC. The van der Waals surface area contributed by atoms with E-state index in [-0.39, 0.29) is 5.97 Å². The Morgan fingerprint density at radius 1 is 1.67 bits per heavy atom. The second-order valence-corrected chi connectivity index (χ2v) is 3.29. The zero-order valence-electron chi connectivity index (χ0n) is 7.80. The number of nitrogens with one attached hydrogen (secondary N) is 1. The van der Waals surface area contributed by atoms with Gasteiger partial charge in [0, 0.05) is 12.6 Å². The topological polar surface area (TPSA) is 38.3 Å². The molecule has 2 unspecified atom stereocenters. The molecule has 2 atom stereocenters. The number of hydrogen-bond acceptors (Lipinski definition) is 3. The maximum absolute atomic E-state index is 10.7. The summed E-state index contributed by atoms with van der Waals surface area (Å²) in [6.45, 7) is 2.96. The summed E-state index contributed by atoms with van der Waals surface area (Å²) < 4.78 is 4.53. The van der Waals surface area contributed by atoms with Crippen LogP contribution in [0.1, 0.15) is 26.2 Å². The Balaban J connectivity index is 1.94. The van der Waals surface area contributed by atoms with Crippen LogP contribution in [0.3, 0.4) is 0 Å². The molecule has 1 fully saturated rings. The molecule has 0 saturated heterocycles. The van der Waals surface area contributed by atoms with Crippen molar-refractivity contribution in [1.82, 2.24) is 5.32 Å². The molecule has 0 radical (unpaired) electrons. The minimum Gasteiger partial charge on any atom is -0.469 e. The lowest BCUT2D eigenvalue weighted by atomic mass is 10.3. The number of carbonyl (C=O) groups excluding carboxylic acids is 1. The van der Waals surface area contributed by atoms with Crippen LogP contribution in [-0.2, 0) is 9.53 Å². The van der Waals surface area contributed by atoms with Gasteiger partial charge in [-0.15, -0.1) is 0 Å². The summed E-state index contributed by atoms with van der Waals surface area (Å²) in [6, 6.07) is 0.666. The zero-order valence-corrected chi connectivity index (χ0v) is 7.80. The Morgan fingerprint density at radius 3 is 2.92 bits per heavy atom. The molecule has 0 aliphatic heterocycles. The van der Waals surface area contributed by atoms with Gasteiger partial charge in [0.25, 0.3) is 0 Å². The van der Waals surface area contributed by atoms with Crippen molar-refractivity contribution in [3.63, 3.8) is 0 Å². The number of rotatable bonds is 5. The lowest BCUT2D eigenvalue weighted by Crippen LogP contribution is -2.22. The summed E-state index contributed by atoms with van der Waals surface area (Å²) >= 11 is 0. The molecule has 0 amide bonds. The molecular formula is C9H17NO2. The molecule has 0 bridgehead atoms. The van der Waals surface area contributed by atoms with E-state index in [2.05, 4.69) is 17.0 Å². The predicted molar refractivity (Wildman–Crippen MR) is 46.8 cm³/mol. The average Bonchev–Trinajstić information content (AvgIpc) is 2.83. The van der Waals surface area contributed by atoms with Gasteiger partial charge in [-0.2, -0.15) is 0 Å². The number of hydrogen-bond donors (Lipinski definition) is 1. The summed E-state index contributed by atoms with van der Waals surface area (Å²) in [5, 5.41) is 3.32. The number of carbonyl (C=O) groups is 1. The lowest BCUT2D eigenvalue weighted by Gasteiger charge is -2.01. The summed E-state index contributed by atoms with van der Waals surface area (Å²) in [6.07, 6.45) is 3.01. The van der Waals surface area contributed by atoms with Crippen LogP contribution in [0.4, 0.5) is 0 Å². The molecule has 1 saturated carbocycles. The molecule has 1 aliphatic carbocycles. The van der Waals surface area contributed by atoms with E-state index in [0.29, 0.717) is 12.5 Å².